The number of hydrogen-bond acceptors (Lipinski definition) is 3. The van der Waals surface area contributed by atoms with Crippen molar-refractivity contribution >= 4 is 5.69 Å². The minimum absolute atomic E-state index is 0.113. The highest BCUT2D eigenvalue weighted by Gasteiger charge is 2.29. The normalized spacial score (nSPS) is 25.3. The number of phenols is 1. The van der Waals surface area contributed by atoms with E-state index >= 15 is 0 Å². The highest BCUT2D eigenvalue weighted by Crippen LogP contribution is 2.35. The zero-order valence-electron chi connectivity index (χ0n) is 8.25. The monoisotopic (exact) mass is 193 g/mol. The van der Waals surface area contributed by atoms with Gasteiger partial charge in [0.25, 0.3) is 0 Å². The standard InChI is InChI=1S/C11H15NO2/c1-11(7-13)6-5-8-9(12-11)3-2-4-10(8)14/h2-4,12-14H,5-7H2,1H3. The van der Waals surface area contributed by atoms with Crippen LogP contribution < -0.4 is 5.32 Å². The Labute approximate surface area is 83.4 Å². The van der Waals surface area contributed by atoms with Crippen LogP contribution >= 0.6 is 0 Å². The van der Waals surface area contributed by atoms with Gasteiger partial charge in [0.15, 0.2) is 0 Å². The highest BCUT2D eigenvalue weighted by molar-refractivity contribution is 5.60. The molecule has 0 radical (unpaired) electrons. The first-order valence-corrected chi connectivity index (χ1v) is 4.84. The van der Waals surface area contributed by atoms with Crippen molar-refractivity contribution in [1.29, 1.82) is 0 Å². The molecule has 0 saturated carbocycles. The molecule has 2 rings (SSSR count). The lowest BCUT2D eigenvalue weighted by molar-refractivity contribution is 0.211. The van der Waals surface area contributed by atoms with Gasteiger partial charge in [-0.2, -0.15) is 0 Å². The number of hydrogen-bond donors (Lipinski definition) is 3. The van der Waals surface area contributed by atoms with Crippen molar-refractivity contribution in [3.63, 3.8) is 0 Å². The lowest BCUT2D eigenvalue weighted by Gasteiger charge is -2.35. The largest absolute Gasteiger partial charge is 0.508 e. The number of phenolic OH excluding ortho intramolecular Hbond substituents is 1. The maximum absolute atomic E-state index is 9.60. The van der Waals surface area contributed by atoms with Gasteiger partial charge in [0.05, 0.1) is 12.1 Å². The molecular weight excluding hydrogens is 178 g/mol. The topological polar surface area (TPSA) is 52.5 Å². The van der Waals surface area contributed by atoms with Gasteiger partial charge in [-0.3, -0.25) is 0 Å². The van der Waals surface area contributed by atoms with Crippen LogP contribution in [0.2, 0.25) is 0 Å². The van der Waals surface area contributed by atoms with Crippen molar-refractivity contribution in [3.05, 3.63) is 23.8 Å². The third kappa shape index (κ3) is 1.44. The van der Waals surface area contributed by atoms with Gasteiger partial charge in [-0.05, 0) is 31.9 Å². The van der Waals surface area contributed by atoms with E-state index in [4.69, 9.17) is 0 Å². The Kier molecular flexibility index (Phi) is 2.11. The van der Waals surface area contributed by atoms with E-state index in [1.807, 2.05) is 19.1 Å². The quantitative estimate of drug-likeness (QED) is 0.633. The van der Waals surface area contributed by atoms with Crippen molar-refractivity contribution in [2.75, 3.05) is 11.9 Å². The van der Waals surface area contributed by atoms with Gasteiger partial charge in [-0.25, -0.2) is 0 Å². The van der Waals surface area contributed by atoms with Crippen LogP contribution in [0.15, 0.2) is 18.2 Å². The summed E-state index contributed by atoms with van der Waals surface area (Å²) < 4.78 is 0. The molecule has 1 aliphatic heterocycles. The minimum atomic E-state index is -0.249. The zero-order chi connectivity index (χ0) is 10.2. The number of aliphatic hydroxyl groups excluding tert-OH is 1. The number of benzene rings is 1. The van der Waals surface area contributed by atoms with Crippen molar-refractivity contribution in [1.82, 2.24) is 0 Å². The van der Waals surface area contributed by atoms with Gasteiger partial charge in [0, 0.05) is 11.3 Å². The molecule has 0 spiro atoms. The van der Waals surface area contributed by atoms with Gasteiger partial charge in [0.2, 0.25) is 0 Å². The van der Waals surface area contributed by atoms with Gasteiger partial charge < -0.3 is 15.5 Å². The van der Waals surface area contributed by atoms with Gasteiger partial charge in [-0.15, -0.1) is 0 Å². The van der Waals surface area contributed by atoms with Crippen LogP contribution in [0, 0.1) is 0 Å². The van der Waals surface area contributed by atoms with Crippen molar-refractivity contribution in [2.45, 2.75) is 25.3 Å². The number of rotatable bonds is 1. The molecule has 0 saturated heterocycles. The molecule has 14 heavy (non-hydrogen) atoms. The highest BCUT2D eigenvalue weighted by atomic mass is 16.3. The SMILES string of the molecule is CC1(CO)CCc2c(O)cccc2N1. The maximum Gasteiger partial charge on any atom is 0.120 e. The predicted octanol–water partition coefficient (Wildman–Crippen LogP) is 1.50. The summed E-state index contributed by atoms with van der Waals surface area (Å²) in [7, 11) is 0. The Balaban J connectivity index is 2.36. The van der Waals surface area contributed by atoms with Crippen molar-refractivity contribution in [2.24, 2.45) is 0 Å². The summed E-state index contributed by atoms with van der Waals surface area (Å²) in [5.74, 6) is 0.343. The summed E-state index contributed by atoms with van der Waals surface area (Å²) in [5.41, 5.74) is 1.65. The summed E-state index contributed by atoms with van der Waals surface area (Å²) in [5, 5.41) is 22.1. The van der Waals surface area contributed by atoms with Crippen molar-refractivity contribution in [3.8, 4) is 5.75 Å². The van der Waals surface area contributed by atoms with Gasteiger partial charge in [0.1, 0.15) is 5.75 Å². The van der Waals surface area contributed by atoms with Crippen molar-refractivity contribution < 1.29 is 10.2 Å². The fourth-order valence-corrected chi connectivity index (χ4v) is 1.86. The first kappa shape index (κ1) is 9.34. The molecule has 0 bridgehead atoms. The average Bonchev–Trinajstić information content (AvgIpc) is 2.18. The fourth-order valence-electron chi connectivity index (χ4n) is 1.86. The number of aliphatic hydroxyl groups is 1. The Morgan fingerprint density at radius 1 is 1.50 bits per heavy atom. The Bertz CT molecular complexity index is 351. The second kappa shape index (κ2) is 3.17. The Hall–Kier alpha value is -1.22. The molecule has 1 atom stereocenters. The number of aromatic hydroxyl groups is 1. The van der Waals surface area contributed by atoms with E-state index in [9.17, 15) is 10.2 Å². The summed E-state index contributed by atoms with van der Waals surface area (Å²) in [4.78, 5) is 0. The molecule has 3 N–H and O–H groups in total. The Morgan fingerprint density at radius 2 is 2.29 bits per heavy atom. The predicted molar refractivity (Wildman–Crippen MR) is 55.5 cm³/mol. The maximum atomic E-state index is 9.60. The summed E-state index contributed by atoms with van der Waals surface area (Å²) in [6, 6.07) is 5.44. The molecule has 1 aromatic rings. The molecule has 76 valence electrons. The third-order valence-electron chi connectivity index (χ3n) is 2.86. The minimum Gasteiger partial charge on any atom is -0.508 e. The van der Waals surface area contributed by atoms with E-state index < -0.39 is 0 Å². The molecule has 1 aromatic carbocycles. The van der Waals surface area contributed by atoms with Gasteiger partial charge in [-0.1, -0.05) is 6.07 Å². The first-order valence-electron chi connectivity index (χ1n) is 4.84. The second-order valence-corrected chi connectivity index (χ2v) is 4.15. The molecule has 0 amide bonds. The van der Waals surface area contributed by atoms with E-state index in [0.29, 0.717) is 5.75 Å². The molecule has 1 heterocycles. The van der Waals surface area contributed by atoms with Crippen LogP contribution in [0.4, 0.5) is 5.69 Å². The molecule has 3 heteroatoms. The van der Waals surface area contributed by atoms with E-state index in [1.54, 1.807) is 6.07 Å². The zero-order valence-corrected chi connectivity index (χ0v) is 8.25. The van der Waals surface area contributed by atoms with Crippen LogP contribution in [0.3, 0.4) is 0 Å². The molecule has 0 fully saturated rings. The van der Waals surface area contributed by atoms with E-state index in [0.717, 1.165) is 24.1 Å². The summed E-state index contributed by atoms with van der Waals surface area (Å²) in [6.45, 7) is 2.10. The lowest BCUT2D eigenvalue weighted by atomic mass is 9.88. The molecular formula is C11H15NO2. The lowest BCUT2D eigenvalue weighted by Crippen LogP contribution is -2.42. The fraction of sp³-hybridized carbons (Fsp3) is 0.455. The van der Waals surface area contributed by atoms with Crippen LogP contribution in [-0.4, -0.2) is 22.4 Å². The van der Waals surface area contributed by atoms with Crippen LogP contribution in [0.5, 0.6) is 5.75 Å². The molecule has 3 nitrogen and oxygen atoms in total. The van der Waals surface area contributed by atoms with Crippen LogP contribution in [0.1, 0.15) is 18.9 Å². The number of nitrogens with one attached hydrogen (secondary N) is 1. The first-order chi connectivity index (χ1) is 6.64. The van der Waals surface area contributed by atoms with Crippen LogP contribution in [0.25, 0.3) is 0 Å². The average molecular weight is 193 g/mol. The molecule has 1 unspecified atom stereocenters. The van der Waals surface area contributed by atoms with E-state index in [2.05, 4.69) is 5.32 Å². The Morgan fingerprint density at radius 3 is 3.00 bits per heavy atom. The molecule has 0 aliphatic carbocycles. The summed E-state index contributed by atoms with van der Waals surface area (Å²) in [6.07, 6.45) is 1.65. The molecule has 1 aliphatic rings. The van der Waals surface area contributed by atoms with Gasteiger partial charge >= 0.3 is 0 Å². The van der Waals surface area contributed by atoms with Crippen LogP contribution in [-0.2, 0) is 6.42 Å². The van der Waals surface area contributed by atoms with E-state index in [1.165, 1.54) is 0 Å². The second-order valence-electron chi connectivity index (χ2n) is 4.15. The third-order valence-corrected chi connectivity index (χ3v) is 2.86. The number of anilines is 1. The summed E-state index contributed by atoms with van der Waals surface area (Å²) >= 11 is 0. The molecule has 0 aromatic heterocycles. The van der Waals surface area contributed by atoms with E-state index in [-0.39, 0.29) is 12.1 Å². The number of fused-ring (bicyclic) bond motifs is 1. The smallest absolute Gasteiger partial charge is 0.120 e.